The van der Waals surface area contributed by atoms with Crippen LogP contribution in [0.3, 0.4) is 0 Å². The zero-order valence-corrected chi connectivity index (χ0v) is 18.3. The fourth-order valence-electron chi connectivity index (χ4n) is 3.14. The molecule has 7 heteroatoms. The van der Waals surface area contributed by atoms with E-state index >= 15 is 0 Å². The Morgan fingerprint density at radius 3 is 2.74 bits per heavy atom. The number of carbonyl (C=O) groups is 1. The zero-order chi connectivity index (χ0) is 22.4. The molecule has 0 spiro atoms. The van der Waals surface area contributed by atoms with Gasteiger partial charge >= 0.3 is 0 Å². The molecule has 1 aromatic heterocycles. The number of phenols is 1. The van der Waals surface area contributed by atoms with E-state index in [1.165, 1.54) is 18.7 Å². The van der Waals surface area contributed by atoms with Gasteiger partial charge in [-0.25, -0.2) is 4.98 Å². The van der Waals surface area contributed by atoms with Gasteiger partial charge in [0.15, 0.2) is 5.78 Å². The molecule has 0 radical (unpaired) electrons. The normalized spacial score (nSPS) is 10.6. The van der Waals surface area contributed by atoms with Crippen LogP contribution in [0, 0.1) is 5.41 Å². The SMILES string of the molecule is CCCc1c(OCc2cccc(Sc3cc(C(=N)N)ccn3)c2)ccc(C(C)=O)c1O. The third-order valence-electron chi connectivity index (χ3n) is 4.68. The first-order valence-corrected chi connectivity index (χ1v) is 10.8. The van der Waals surface area contributed by atoms with Gasteiger partial charge in [-0.15, -0.1) is 0 Å². The van der Waals surface area contributed by atoms with Crippen LogP contribution in [0.1, 0.15) is 47.3 Å². The van der Waals surface area contributed by atoms with Crippen LogP contribution >= 0.6 is 11.8 Å². The number of phenolic OH excluding ortho intramolecular Hbond substituents is 1. The Balaban J connectivity index is 1.76. The number of rotatable bonds is 9. The highest BCUT2D eigenvalue weighted by Gasteiger charge is 2.16. The van der Waals surface area contributed by atoms with E-state index in [4.69, 9.17) is 15.9 Å². The first-order valence-electron chi connectivity index (χ1n) is 9.94. The number of ether oxygens (including phenoxy) is 1. The fourth-order valence-corrected chi connectivity index (χ4v) is 4.04. The molecule has 0 amide bonds. The number of hydrogen-bond acceptors (Lipinski definition) is 6. The zero-order valence-electron chi connectivity index (χ0n) is 17.5. The van der Waals surface area contributed by atoms with Crippen molar-refractivity contribution in [3.63, 3.8) is 0 Å². The van der Waals surface area contributed by atoms with Crippen molar-refractivity contribution in [2.45, 2.75) is 43.2 Å². The molecule has 0 atom stereocenters. The third-order valence-corrected chi connectivity index (χ3v) is 5.60. The molecule has 0 fully saturated rings. The predicted molar refractivity (Wildman–Crippen MR) is 122 cm³/mol. The van der Waals surface area contributed by atoms with Gasteiger partial charge in [0.1, 0.15) is 29.0 Å². The molecule has 160 valence electrons. The summed E-state index contributed by atoms with van der Waals surface area (Å²) in [6, 6.07) is 14.7. The second-order valence-corrected chi connectivity index (χ2v) is 8.17. The molecular formula is C24H25N3O3S. The molecule has 0 saturated carbocycles. The van der Waals surface area contributed by atoms with Crippen molar-refractivity contribution < 1.29 is 14.6 Å². The molecule has 0 saturated heterocycles. The van der Waals surface area contributed by atoms with Gasteiger partial charge in [0.05, 0.1) is 5.56 Å². The molecule has 0 aliphatic rings. The smallest absolute Gasteiger partial charge is 0.163 e. The summed E-state index contributed by atoms with van der Waals surface area (Å²) in [6.45, 7) is 3.78. The maximum Gasteiger partial charge on any atom is 0.163 e. The Hall–Kier alpha value is -3.32. The Morgan fingerprint density at radius 2 is 2.03 bits per heavy atom. The molecule has 0 bridgehead atoms. The molecule has 6 nitrogen and oxygen atoms in total. The molecule has 31 heavy (non-hydrogen) atoms. The molecule has 0 aliphatic heterocycles. The number of nitrogen functional groups attached to an aromatic ring is 1. The van der Waals surface area contributed by atoms with Crippen LogP contribution in [0.5, 0.6) is 11.5 Å². The highest BCUT2D eigenvalue weighted by Crippen LogP contribution is 2.34. The summed E-state index contributed by atoms with van der Waals surface area (Å²) < 4.78 is 6.01. The maximum atomic E-state index is 11.7. The van der Waals surface area contributed by atoms with Crippen molar-refractivity contribution in [1.29, 1.82) is 5.41 Å². The quantitative estimate of drug-likeness (QED) is 0.249. The second kappa shape index (κ2) is 10.1. The van der Waals surface area contributed by atoms with Gasteiger partial charge in [0.2, 0.25) is 0 Å². The summed E-state index contributed by atoms with van der Waals surface area (Å²) in [4.78, 5) is 17.0. The van der Waals surface area contributed by atoms with Gasteiger partial charge < -0.3 is 15.6 Å². The molecule has 1 heterocycles. The largest absolute Gasteiger partial charge is 0.507 e. The Kier molecular flexibility index (Phi) is 7.31. The number of aromatic nitrogens is 1. The van der Waals surface area contributed by atoms with Crippen molar-refractivity contribution in [2.75, 3.05) is 0 Å². The van der Waals surface area contributed by atoms with Crippen molar-refractivity contribution in [3.05, 3.63) is 77.0 Å². The van der Waals surface area contributed by atoms with E-state index in [9.17, 15) is 9.90 Å². The highest BCUT2D eigenvalue weighted by molar-refractivity contribution is 7.99. The number of ketones is 1. The number of amidine groups is 1. The number of nitrogens with one attached hydrogen (secondary N) is 1. The lowest BCUT2D eigenvalue weighted by atomic mass is 10.0. The minimum Gasteiger partial charge on any atom is -0.507 e. The molecule has 2 aromatic carbocycles. The van der Waals surface area contributed by atoms with E-state index in [0.717, 1.165) is 21.9 Å². The lowest BCUT2D eigenvalue weighted by molar-refractivity contribution is 0.101. The third kappa shape index (κ3) is 5.64. The summed E-state index contributed by atoms with van der Waals surface area (Å²) in [7, 11) is 0. The van der Waals surface area contributed by atoms with Gasteiger partial charge in [-0.2, -0.15) is 0 Å². The van der Waals surface area contributed by atoms with E-state index in [-0.39, 0.29) is 17.4 Å². The van der Waals surface area contributed by atoms with Crippen LogP contribution < -0.4 is 10.5 Å². The van der Waals surface area contributed by atoms with Crippen molar-refractivity contribution in [2.24, 2.45) is 5.73 Å². The van der Waals surface area contributed by atoms with Gasteiger partial charge in [0, 0.05) is 22.2 Å². The fraction of sp³-hybridized carbons (Fsp3) is 0.208. The first kappa shape index (κ1) is 22.4. The first-order chi connectivity index (χ1) is 14.9. The monoisotopic (exact) mass is 435 g/mol. The second-order valence-electron chi connectivity index (χ2n) is 7.08. The van der Waals surface area contributed by atoms with Gasteiger partial charge in [-0.3, -0.25) is 10.2 Å². The molecular weight excluding hydrogens is 410 g/mol. The molecule has 3 rings (SSSR count). The van der Waals surface area contributed by atoms with E-state index in [1.54, 1.807) is 30.5 Å². The lowest BCUT2D eigenvalue weighted by Gasteiger charge is -2.15. The Labute approximate surface area is 186 Å². The van der Waals surface area contributed by atoms with E-state index in [2.05, 4.69) is 4.98 Å². The number of pyridine rings is 1. The number of nitrogens with two attached hydrogens (primary N) is 1. The predicted octanol–water partition coefficient (Wildman–Crippen LogP) is 4.96. The van der Waals surface area contributed by atoms with Crippen molar-refractivity contribution >= 4 is 23.4 Å². The van der Waals surface area contributed by atoms with Crippen LogP contribution in [0.2, 0.25) is 0 Å². The summed E-state index contributed by atoms with van der Waals surface area (Å²) in [5, 5.41) is 18.8. The number of nitrogens with zero attached hydrogens (tertiary/aromatic N) is 1. The van der Waals surface area contributed by atoms with Crippen molar-refractivity contribution in [1.82, 2.24) is 4.98 Å². The summed E-state index contributed by atoms with van der Waals surface area (Å²) in [5.74, 6) is 0.424. The molecule has 4 N–H and O–H groups in total. The van der Waals surface area contributed by atoms with Crippen LogP contribution in [0.15, 0.2) is 64.6 Å². The molecule has 0 aliphatic carbocycles. The van der Waals surface area contributed by atoms with Crippen LogP contribution in [-0.2, 0) is 13.0 Å². The summed E-state index contributed by atoms with van der Waals surface area (Å²) in [6.07, 6.45) is 3.08. The summed E-state index contributed by atoms with van der Waals surface area (Å²) in [5.41, 5.74) is 8.13. The lowest BCUT2D eigenvalue weighted by Crippen LogP contribution is -2.10. The summed E-state index contributed by atoms with van der Waals surface area (Å²) >= 11 is 1.48. The maximum absolute atomic E-state index is 11.7. The highest BCUT2D eigenvalue weighted by atomic mass is 32.2. The Morgan fingerprint density at radius 1 is 1.23 bits per heavy atom. The number of aromatic hydroxyl groups is 1. The Bertz CT molecular complexity index is 1110. The van der Waals surface area contributed by atoms with Gasteiger partial charge in [-0.05, 0) is 55.3 Å². The number of benzene rings is 2. The minimum absolute atomic E-state index is 0.00702. The standard InChI is InChI=1S/C24H25N3O3S/c1-3-5-20-21(9-8-19(15(2)28)23(20)29)30-14-16-6-4-7-18(12-16)31-22-13-17(24(25)26)10-11-27-22/h4,6-13,29H,3,5,14H2,1-2H3,(H3,25,26). The topological polar surface area (TPSA) is 109 Å². The van der Waals surface area contributed by atoms with Crippen LogP contribution in [0.25, 0.3) is 0 Å². The van der Waals surface area contributed by atoms with E-state index in [1.807, 2.05) is 31.2 Å². The molecule has 0 unspecified atom stereocenters. The van der Waals surface area contributed by atoms with E-state index in [0.29, 0.717) is 35.5 Å². The van der Waals surface area contributed by atoms with Crippen LogP contribution in [0.4, 0.5) is 0 Å². The van der Waals surface area contributed by atoms with Gasteiger partial charge in [0.25, 0.3) is 0 Å². The van der Waals surface area contributed by atoms with Gasteiger partial charge in [-0.1, -0.05) is 37.2 Å². The average Bonchev–Trinajstić information content (AvgIpc) is 2.74. The number of Topliss-reactive ketones (excluding diaryl/α,β-unsaturated/α-hetero) is 1. The average molecular weight is 436 g/mol. The van der Waals surface area contributed by atoms with E-state index < -0.39 is 0 Å². The van der Waals surface area contributed by atoms with Crippen LogP contribution in [-0.4, -0.2) is 21.7 Å². The minimum atomic E-state index is -0.173. The van der Waals surface area contributed by atoms with Crippen molar-refractivity contribution in [3.8, 4) is 11.5 Å². The number of hydrogen-bond donors (Lipinski definition) is 3. The molecule has 3 aromatic rings. The number of carbonyl (C=O) groups excluding carboxylic acids is 1.